The SMILES string of the molecule is Cc1cc(F)ccc1NC(=O)CCc1ncc(-c2c(F)cccc2F)o1. The van der Waals surface area contributed by atoms with Crippen molar-refractivity contribution in [2.75, 3.05) is 5.32 Å². The van der Waals surface area contributed by atoms with Crippen molar-refractivity contribution in [3.63, 3.8) is 0 Å². The summed E-state index contributed by atoms with van der Waals surface area (Å²) in [7, 11) is 0. The lowest BCUT2D eigenvalue weighted by Crippen LogP contribution is -2.13. The number of amides is 1. The molecule has 0 atom stereocenters. The molecule has 7 heteroatoms. The van der Waals surface area contributed by atoms with Crippen LogP contribution < -0.4 is 5.32 Å². The fourth-order valence-corrected chi connectivity index (χ4v) is 2.48. The minimum atomic E-state index is -0.753. The van der Waals surface area contributed by atoms with Crippen molar-refractivity contribution in [1.29, 1.82) is 0 Å². The molecule has 2 aromatic carbocycles. The lowest BCUT2D eigenvalue weighted by atomic mass is 10.1. The number of oxazole rings is 1. The Morgan fingerprint density at radius 3 is 2.58 bits per heavy atom. The van der Waals surface area contributed by atoms with Crippen molar-refractivity contribution in [2.24, 2.45) is 0 Å². The summed E-state index contributed by atoms with van der Waals surface area (Å²) in [6.07, 6.45) is 1.43. The van der Waals surface area contributed by atoms with Crippen LogP contribution in [-0.4, -0.2) is 10.9 Å². The Labute approximate surface area is 147 Å². The Morgan fingerprint density at radius 2 is 1.88 bits per heavy atom. The van der Waals surface area contributed by atoms with E-state index < -0.39 is 11.6 Å². The van der Waals surface area contributed by atoms with Gasteiger partial charge < -0.3 is 9.73 Å². The molecule has 1 aromatic heterocycles. The fourth-order valence-electron chi connectivity index (χ4n) is 2.48. The van der Waals surface area contributed by atoms with Gasteiger partial charge in [-0.25, -0.2) is 18.2 Å². The van der Waals surface area contributed by atoms with Crippen molar-refractivity contribution in [1.82, 2.24) is 4.98 Å². The standard InChI is InChI=1S/C19H15F3N2O2/c1-11-9-12(20)5-6-15(11)24-17(25)7-8-18-23-10-16(26-18)19-13(21)3-2-4-14(19)22/h2-6,9-10H,7-8H2,1H3,(H,24,25). The molecule has 0 saturated carbocycles. The Hall–Kier alpha value is -3.09. The number of aromatic nitrogens is 1. The van der Waals surface area contributed by atoms with E-state index in [1.165, 1.54) is 30.5 Å². The van der Waals surface area contributed by atoms with Crippen LogP contribution in [0.15, 0.2) is 47.0 Å². The quantitative estimate of drug-likeness (QED) is 0.721. The van der Waals surface area contributed by atoms with Gasteiger partial charge in [0.1, 0.15) is 17.5 Å². The molecular formula is C19H15F3N2O2. The Balaban J connectivity index is 1.64. The maximum absolute atomic E-state index is 13.7. The third kappa shape index (κ3) is 3.93. The third-order valence-corrected chi connectivity index (χ3v) is 3.79. The topological polar surface area (TPSA) is 55.1 Å². The second-order valence-electron chi connectivity index (χ2n) is 5.72. The first-order valence-corrected chi connectivity index (χ1v) is 7.89. The molecule has 1 N–H and O–H groups in total. The predicted molar refractivity (Wildman–Crippen MR) is 89.9 cm³/mol. The van der Waals surface area contributed by atoms with Crippen LogP contribution in [0.1, 0.15) is 17.9 Å². The number of hydrogen-bond acceptors (Lipinski definition) is 3. The highest BCUT2D eigenvalue weighted by molar-refractivity contribution is 5.91. The highest BCUT2D eigenvalue weighted by atomic mass is 19.1. The number of rotatable bonds is 5. The summed E-state index contributed by atoms with van der Waals surface area (Å²) in [6.45, 7) is 1.68. The van der Waals surface area contributed by atoms with E-state index in [4.69, 9.17) is 4.42 Å². The molecule has 0 saturated heterocycles. The first-order chi connectivity index (χ1) is 12.4. The van der Waals surface area contributed by atoms with Crippen LogP contribution >= 0.6 is 0 Å². The molecule has 3 aromatic rings. The number of hydrogen-bond donors (Lipinski definition) is 1. The van der Waals surface area contributed by atoms with Crippen LogP contribution in [0.25, 0.3) is 11.3 Å². The van der Waals surface area contributed by atoms with Gasteiger partial charge in [-0.05, 0) is 42.8 Å². The minimum absolute atomic E-state index is 0.0367. The number of anilines is 1. The van der Waals surface area contributed by atoms with Crippen LogP contribution in [0.3, 0.4) is 0 Å². The summed E-state index contributed by atoms with van der Waals surface area (Å²) in [4.78, 5) is 16.0. The van der Waals surface area contributed by atoms with E-state index in [0.717, 1.165) is 12.1 Å². The summed E-state index contributed by atoms with van der Waals surface area (Å²) in [5, 5.41) is 2.67. The van der Waals surface area contributed by atoms with Gasteiger partial charge in [0.2, 0.25) is 5.91 Å². The molecule has 134 valence electrons. The van der Waals surface area contributed by atoms with Gasteiger partial charge in [0, 0.05) is 18.5 Å². The predicted octanol–water partition coefficient (Wildman–Crippen LogP) is 4.64. The molecule has 0 aliphatic heterocycles. The zero-order valence-corrected chi connectivity index (χ0v) is 13.9. The van der Waals surface area contributed by atoms with Crippen LogP contribution in [0.4, 0.5) is 18.9 Å². The van der Waals surface area contributed by atoms with Gasteiger partial charge in [0.25, 0.3) is 0 Å². The molecule has 3 rings (SSSR count). The minimum Gasteiger partial charge on any atom is -0.441 e. The van der Waals surface area contributed by atoms with Crippen molar-refractivity contribution in [3.8, 4) is 11.3 Å². The van der Waals surface area contributed by atoms with Gasteiger partial charge in [-0.15, -0.1) is 0 Å². The monoisotopic (exact) mass is 360 g/mol. The number of aryl methyl sites for hydroxylation is 2. The van der Waals surface area contributed by atoms with E-state index in [0.29, 0.717) is 11.3 Å². The molecule has 0 unspecified atom stereocenters. The lowest BCUT2D eigenvalue weighted by Gasteiger charge is -2.07. The number of carbonyl (C=O) groups is 1. The van der Waals surface area contributed by atoms with Gasteiger partial charge in [-0.3, -0.25) is 4.79 Å². The highest BCUT2D eigenvalue weighted by Gasteiger charge is 2.16. The molecular weight excluding hydrogens is 345 g/mol. The van der Waals surface area contributed by atoms with E-state index in [2.05, 4.69) is 10.3 Å². The smallest absolute Gasteiger partial charge is 0.224 e. The summed E-state index contributed by atoms with van der Waals surface area (Å²) in [5.74, 6) is -2.04. The summed E-state index contributed by atoms with van der Waals surface area (Å²) < 4.78 is 45.9. The number of benzene rings is 2. The zero-order chi connectivity index (χ0) is 18.7. The number of halogens is 3. The largest absolute Gasteiger partial charge is 0.441 e. The second kappa shape index (κ2) is 7.43. The maximum atomic E-state index is 13.7. The zero-order valence-electron chi connectivity index (χ0n) is 13.9. The summed E-state index contributed by atoms with van der Waals surface area (Å²) in [6, 6.07) is 7.56. The van der Waals surface area contributed by atoms with Crippen molar-refractivity contribution < 1.29 is 22.4 Å². The van der Waals surface area contributed by atoms with Gasteiger partial charge in [0.15, 0.2) is 11.7 Å². The fraction of sp³-hybridized carbons (Fsp3) is 0.158. The molecule has 0 spiro atoms. The number of carbonyl (C=O) groups excluding carboxylic acids is 1. The first-order valence-electron chi connectivity index (χ1n) is 7.89. The van der Waals surface area contributed by atoms with E-state index in [9.17, 15) is 18.0 Å². The summed E-state index contributed by atoms with van der Waals surface area (Å²) >= 11 is 0. The Bertz CT molecular complexity index is 933. The van der Waals surface area contributed by atoms with Gasteiger partial charge in [0.05, 0.1) is 11.8 Å². The third-order valence-electron chi connectivity index (χ3n) is 3.79. The van der Waals surface area contributed by atoms with Crippen molar-refractivity contribution >= 4 is 11.6 Å². The van der Waals surface area contributed by atoms with Crippen LogP contribution in [0, 0.1) is 24.4 Å². The van der Waals surface area contributed by atoms with E-state index in [-0.39, 0.29) is 41.8 Å². The van der Waals surface area contributed by atoms with Gasteiger partial charge >= 0.3 is 0 Å². The molecule has 26 heavy (non-hydrogen) atoms. The molecule has 0 fully saturated rings. The van der Waals surface area contributed by atoms with E-state index >= 15 is 0 Å². The Kier molecular flexibility index (Phi) is 5.06. The average molecular weight is 360 g/mol. The van der Waals surface area contributed by atoms with Gasteiger partial charge in [-0.1, -0.05) is 6.07 Å². The molecule has 1 amide bonds. The first kappa shape index (κ1) is 17.7. The van der Waals surface area contributed by atoms with Crippen LogP contribution in [0.2, 0.25) is 0 Å². The average Bonchev–Trinajstić information content (AvgIpc) is 3.04. The Morgan fingerprint density at radius 1 is 1.15 bits per heavy atom. The number of nitrogens with zero attached hydrogens (tertiary/aromatic N) is 1. The van der Waals surface area contributed by atoms with Gasteiger partial charge in [-0.2, -0.15) is 0 Å². The normalized spacial score (nSPS) is 10.8. The number of nitrogens with one attached hydrogen (secondary N) is 1. The van der Waals surface area contributed by atoms with E-state index in [1.54, 1.807) is 6.92 Å². The van der Waals surface area contributed by atoms with Crippen LogP contribution in [-0.2, 0) is 11.2 Å². The molecule has 1 heterocycles. The highest BCUT2D eigenvalue weighted by Crippen LogP contribution is 2.26. The molecule has 0 radical (unpaired) electrons. The van der Waals surface area contributed by atoms with Crippen molar-refractivity contribution in [2.45, 2.75) is 19.8 Å². The lowest BCUT2D eigenvalue weighted by molar-refractivity contribution is -0.116. The molecule has 0 aliphatic rings. The second-order valence-corrected chi connectivity index (χ2v) is 5.72. The van der Waals surface area contributed by atoms with Crippen molar-refractivity contribution in [3.05, 3.63) is 71.5 Å². The maximum Gasteiger partial charge on any atom is 0.224 e. The molecule has 0 bridgehead atoms. The summed E-state index contributed by atoms with van der Waals surface area (Å²) in [5.41, 5.74) is 0.822. The van der Waals surface area contributed by atoms with E-state index in [1.807, 2.05) is 0 Å². The van der Waals surface area contributed by atoms with Crippen LogP contribution in [0.5, 0.6) is 0 Å². The molecule has 0 aliphatic carbocycles. The molecule has 4 nitrogen and oxygen atoms in total.